The van der Waals surface area contributed by atoms with Gasteiger partial charge in [0.1, 0.15) is 6.71 Å². The Morgan fingerprint density at radius 1 is 1.00 bits per heavy atom. The van der Waals surface area contributed by atoms with E-state index in [1.54, 1.807) is 0 Å². The van der Waals surface area contributed by atoms with Crippen molar-refractivity contribution >= 4 is 23.7 Å². The number of hydrogen-bond donors (Lipinski definition) is 0. The average molecular weight is 137 g/mol. The first kappa shape index (κ1) is 9.11. The van der Waals surface area contributed by atoms with Crippen LogP contribution in [0.1, 0.15) is 0 Å². The molecule has 0 aromatic rings. The van der Waals surface area contributed by atoms with E-state index in [-0.39, 0.29) is 17.0 Å². The van der Waals surface area contributed by atoms with E-state index in [0.29, 0.717) is 0 Å². The molecule has 0 unspecified atom stereocenters. The lowest BCUT2D eigenvalue weighted by atomic mass is 9.58. The van der Waals surface area contributed by atoms with Crippen LogP contribution in [0.2, 0.25) is 20.5 Å². The molecule has 0 aliphatic rings. The molecule has 0 heterocycles. The van der Waals surface area contributed by atoms with E-state index < -0.39 is 0 Å². The fourth-order valence-electron chi connectivity index (χ4n) is 0. The number of hydrogen-bond acceptors (Lipinski definition) is 0. The van der Waals surface area contributed by atoms with Crippen LogP contribution >= 0.6 is 17.0 Å². The van der Waals surface area contributed by atoms with E-state index in [0.717, 1.165) is 6.71 Å². The molecule has 0 aromatic carbocycles. The van der Waals surface area contributed by atoms with Crippen molar-refractivity contribution < 1.29 is 0 Å². The van der Waals surface area contributed by atoms with Gasteiger partial charge in [-0.2, -0.15) is 0 Å². The predicted octanol–water partition coefficient (Wildman–Crippen LogP) is 1.95. The van der Waals surface area contributed by atoms with Crippen molar-refractivity contribution in [2.45, 2.75) is 20.5 Å². The molecule has 0 spiro atoms. The molecule has 0 N–H and O–H groups in total. The topological polar surface area (TPSA) is 0 Å². The molecule has 0 radical (unpaired) electrons. The zero-order valence-corrected chi connectivity index (χ0v) is 5.70. The quantitative estimate of drug-likeness (QED) is 0.447. The molecule has 0 atom stereocenters. The molecular formula is C3H10BBr. The largest absolute Gasteiger partial charge is 0.130 e. The van der Waals surface area contributed by atoms with Gasteiger partial charge in [0.15, 0.2) is 0 Å². The molecule has 5 heavy (non-hydrogen) atoms. The summed E-state index contributed by atoms with van der Waals surface area (Å²) in [7, 11) is 0. The Morgan fingerprint density at radius 3 is 1.00 bits per heavy atom. The lowest BCUT2D eigenvalue weighted by molar-refractivity contribution is 1.91. The van der Waals surface area contributed by atoms with Gasteiger partial charge in [-0.05, 0) is 0 Å². The zero-order valence-electron chi connectivity index (χ0n) is 3.99. The van der Waals surface area contributed by atoms with Gasteiger partial charge in [0.2, 0.25) is 0 Å². The fraction of sp³-hybridized carbons (Fsp3) is 1.00. The Labute approximate surface area is 44.8 Å². The van der Waals surface area contributed by atoms with Crippen LogP contribution in [0.5, 0.6) is 0 Å². The molecule has 0 aliphatic heterocycles. The zero-order chi connectivity index (χ0) is 3.58. The standard InChI is InChI=1S/C3H9B.BrH/c1-4(2)3;/h1-3H3;1H. The molecule has 32 valence electrons. The first-order valence-electron chi connectivity index (χ1n) is 1.73. The Hall–Kier alpha value is 0.545. The summed E-state index contributed by atoms with van der Waals surface area (Å²) in [6, 6.07) is 0. The summed E-state index contributed by atoms with van der Waals surface area (Å²) >= 11 is 0. The predicted molar refractivity (Wildman–Crippen MR) is 33.7 cm³/mol. The number of rotatable bonds is 0. The van der Waals surface area contributed by atoms with Crippen molar-refractivity contribution in [3.8, 4) is 0 Å². The van der Waals surface area contributed by atoms with E-state index in [4.69, 9.17) is 0 Å². The molecule has 0 fully saturated rings. The molecule has 0 amide bonds. The minimum Gasteiger partial charge on any atom is -0.114 e. The van der Waals surface area contributed by atoms with Crippen molar-refractivity contribution in [2.24, 2.45) is 0 Å². The van der Waals surface area contributed by atoms with Gasteiger partial charge in [-0.3, -0.25) is 0 Å². The van der Waals surface area contributed by atoms with Crippen molar-refractivity contribution in [1.29, 1.82) is 0 Å². The summed E-state index contributed by atoms with van der Waals surface area (Å²) in [6.45, 7) is 7.33. The van der Waals surface area contributed by atoms with Gasteiger partial charge in [0, 0.05) is 0 Å². The molecular weight excluding hydrogens is 127 g/mol. The smallest absolute Gasteiger partial charge is 0.114 e. The summed E-state index contributed by atoms with van der Waals surface area (Å²) in [5.41, 5.74) is 0. The minimum atomic E-state index is 0. The Kier molecular flexibility index (Phi) is 8.29. The van der Waals surface area contributed by atoms with E-state index >= 15 is 0 Å². The highest BCUT2D eigenvalue weighted by atomic mass is 79.9. The molecule has 0 nitrogen and oxygen atoms in total. The highest BCUT2D eigenvalue weighted by molar-refractivity contribution is 8.93. The molecule has 0 aromatic heterocycles. The highest BCUT2D eigenvalue weighted by Crippen LogP contribution is 1.68. The Bertz CT molecular complexity index is 11.6. The van der Waals surface area contributed by atoms with E-state index in [1.165, 1.54) is 0 Å². The minimum absolute atomic E-state index is 0. The van der Waals surface area contributed by atoms with Gasteiger partial charge < -0.3 is 0 Å². The van der Waals surface area contributed by atoms with Crippen LogP contribution in [-0.4, -0.2) is 6.71 Å². The maximum absolute atomic E-state index is 2.17. The van der Waals surface area contributed by atoms with Crippen molar-refractivity contribution in [2.75, 3.05) is 0 Å². The van der Waals surface area contributed by atoms with Crippen molar-refractivity contribution in [3.63, 3.8) is 0 Å². The fourth-order valence-corrected chi connectivity index (χ4v) is 0. The summed E-state index contributed by atoms with van der Waals surface area (Å²) < 4.78 is 0. The van der Waals surface area contributed by atoms with Crippen LogP contribution < -0.4 is 0 Å². The van der Waals surface area contributed by atoms with Crippen molar-refractivity contribution in [3.05, 3.63) is 0 Å². The monoisotopic (exact) mass is 136 g/mol. The van der Waals surface area contributed by atoms with Gasteiger partial charge >= 0.3 is 0 Å². The first-order chi connectivity index (χ1) is 1.73. The Balaban J connectivity index is 0. The maximum Gasteiger partial charge on any atom is 0.130 e. The van der Waals surface area contributed by atoms with Crippen LogP contribution in [0.4, 0.5) is 0 Å². The lowest BCUT2D eigenvalue weighted by Crippen LogP contribution is -1.84. The Morgan fingerprint density at radius 2 is 1.00 bits per heavy atom. The maximum atomic E-state index is 2.17. The summed E-state index contributed by atoms with van der Waals surface area (Å²) in [4.78, 5) is 0. The molecule has 0 saturated heterocycles. The van der Waals surface area contributed by atoms with Crippen LogP contribution in [0.25, 0.3) is 0 Å². The normalized spacial score (nSPS) is 5.40. The third-order valence-electron chi connectivity index (χ3n) is 0. The van der Waals surface area contributed by atoms with Crippen LogP contribution in [0, 0.1) is 0 Å². The molecule has 0 bridgehead atoms. The van der Waals surface area contributed by atoms with Gasteiger partial charge in [-0.25, -0.2) is 0 Å². The first-order valence-corrected chi connectivity index (χ1v) is 1.73. The third-order valence-corrected chi connectivity index (χ3v) is 0. The van der Waals surface area contributed by atoms with Gasteiger partial charge in [0.25, 0.3) is 0 Å². The summed E-state index contributed by atoms with van der Waals surface area (Å²) in [5.74, 6) is 0. The third kappa shape index (κ3) is 99.1. The molecule has 0 saturated carbocycles. The number of halogens is 1. The molecule has 0 aliphatic carbocycles. The highest BCUT2D eigenvalue weighted by Gasteiger charge is 1.76. The van der Waals surface area contributed by atoms with Gasteiger partial charge in [0.05, 0.1) is 0 Å². The van der Waals surface area contributed by atoms with Gasteiger partial charge in [-0.1, -0.05) is 20.5 Å². The second kappa shape index (κ2) is 4.54. The van der Waals surface area contributed by atoms with E-state index in [1.807, 2.05) is 0 Å². The van der Waals surface area contributed by atoms with Gasteiger partial charge in [-0.15, -0.1) is 17.0 Å². The summed E-state index contributed by atoms with van der Waals surface area (Å²) in [5, 5.41) is 0. The molecule has 0 rings (SSSR count). The molecule has 2 heteroatoms. The van der Waals surface area contributed by atoms with E-state index in [2.05, 4.69) is 20.5 Å². The second-order valence-electron chi connectivity index (χ2n) is 1.73. The SMILES string of the molecule is Br.CB(C)C. The second-order valence-corrected chi connectivity index (χ2v) is 1.73. The summed E-state index contributed by atoms with van der Waals surface area (Å²) in [6.07, 6.45) is 0. The van der Waals surface area contributed by atoms with Crippen LogP contribution in [-0.2, 0) is 0 Å². The lowest BCUT2D eigenvalue weighted by Gasteiger charge is -1.71. The average Bonchev–Trinajstić information content (AvgIpc) is 0.811. The van der Waals surface area contributed by atoms with Crippen LogP contribution in [0.3, 0.4) is 0 Å². The van der Waals surface area contributed by atoms with Crippen LogP contribution in [0.15, 0.2) is 0 Å². The van der Waals surface area contributed by atoms with E-state index in [9.17, 15) is 0 Å². The van der Waals surface area contributed by atoms with Crippen molar-refractivity contribution in [1.82, 2.24) is 0 Å².